The first kappa shape index (κ1) is 15.0. The summed E-state index contributed by atoms with van der Waals surface area (Å²) in [5.41, 5.74) is -0.358. The summed E-state index contributed by atoms with van der Waals surface area (Å²) in [4.78, 5) is 42.0. The molecule has 1 N–H and O–H groups in total. The minimum atomic E-state index is -1.30. The van der Waals surface area contributed by atoms with Crippen LogP contribution in [0.15, 0.2) is 41.1 Å². The Kier molecular flexibility index (Phi) is 3.48. The highest BCUT2D eigenvalue weighted by atomic mass is 16.3. The van der Waals surface area contributed by atoms with Crippen molar-refractivity contribution in [3.8, 4) is 0 Å². The number of hydrogen-bond donors (Lipinski definition) is 1. The highest BCUT2D eigenvalue weighted by Gasteiger charge is 2.51. The fourth-order valence-electron chi connectivity index (χ4n) is 2.58. The van der Waals surface area contributed by atoms with Crippen LogP contribution in [-0.2, 0) is 10.3 Å². The third kappa shape index (κ3) is 2.40. The molecule has 1 atom stereocenters. The van der Waals surface area contributed by atoms with Gasteiger partial charge in [-0.25, -0.2) is 4.79 Å². The number of carbonyl (C=O) groups is 3. The highest BCUT2D eigenvalue weighted by Crippen LogP contribution is 2.29. The molecule has 2 aromatic rings. The second kappa shape index (κ2) is 5.35. The molecule has 0 aromatic carbocycles. The molecular formula is C16H15N3O4. The van der Waals surface area contributed by atoms with Crippen LogP contribution < -0.4 is 5.32 Å². The Hall–Kier alpha value is -2.96. The van der Waals surface area contributed by atoms with Crippen molar-refractivity contribution >= 4 is 17.7 Å². The lowest BCUT2D eigenvalue weighted by Gasteiger charge is -2.18. The minimum Gasteiger partial charge on any atom is -0.466 e. The predicted octanol–water partition coefficient (Wildman–Crippen LogP) is 1.63. The number of imide groups is 1. The largest absolute Gasteiger partial charge is 0.466 e. The van der Waals surface area contributed by atoms with Crippen LogP contribution >= 0.6 is 0 Å². The second-order valence-electron chi connectivity index (χ2n) is 5.48. The molecule has 0 saturated carbocycles. The van der Waals surface area contributed by atoms with E-state index in [2.05, 4.69) is 10.3 Å². The van der Waals surface area contributed by atoms with Crippen molar-refractivity contribution in [2.75, 3.05) is 6.54 Å². The number of aromatic nitrogens is 1. The number of hydrogen-bond acceptors (Lipinski definition) is 5. The summed E-state index contributed by atoms with van der Waals surface area (Å²) in [7, 11) is 0. The molecule has 2 aromatic heterocycles. The van der Waals surface area contributed by atoms with Crippen LogP contribution in [0.3, 0.4) is 0 Å². The van der Waals surface area contributed by atoms with Gasteiger partial charge in [0.15, 0.2) is 11.3 Å². The molecule has 7 nitrogen and oxygen atoms in total. The summed E-state index contributed by atoms with van der Waals surface area (Å²) in [6.07, 6.45) is 3.00. The van der Waals surface area contributed by atoms with Crippen LogP contribution in [0.1, 0.15) is 28.7 Å². The van der Waals surface area contributed by atoms with Crippen LogP contribution in [0.2, 0.25) is 0 Å². The molecule has 0 radical (unpaired) electrons. The average molecular weight is 313 g/mol. The van der Waals surface area contributed by atoms with Crippen molar-refractivity contribution in [2.24, 2.45) is 0 Å². The molecule has 3 amide bonds. The maximum Gasteiger partial charge on any atom is 0.325 e. The minimum absolute atomic E-state index is 0.323. The molecule has 3 rings (SSSR count). The van der Waals surface area contributed by atoms with E-state index >= 15 is 0 Å². The molecule has 0 aliphatic carbocycles. The topological polar surface area (TPSA) is 92.5 Å². The van der Waals surface area contributed by atoms with E-state index in [4.69, 9.17) is 4.42 Å². The molecule has 3 heterocycles. The number of rotatable bonds is 4. The molecular weight excluding hydrogens is 298 g/mol. The van der Waals surface area contributed by atoms with Crippen LogP contribution in [0.4, 0.5) is 4.79 Å². The van der Waals surface area contributed by atoms with Gasteiger partial charge in [-0.3, -0.25) is 19.5 Å². The van der Waals surface area contributed by atoms with Crippen molar-refractivity contribution in [3.05, 3.63) is 53.7 Å². The molecule has 1 aliphatic heterocycles. The summed E-state index contributed by atoms with van der Waals surface area (Å²) < 4.78 is 5.24. The number of urea groups is 1. The van der Waals surface area contributed by atoms with Gasteiger partial charge in [-0.05, 0) is 38.1 Å². The normalized spacial score (nSPS) is 20.7. The van der Waals surface area contributed by atoms with Crippen LogP contribution in [0, 0.1) is 6.92 Å². The van der Waals surface area contributed by atoms with Crippen molar-refractivity contribution in [1.29, 1.82) is 0 Å². The zero-order valence-corrected chi connectivity index (χ0v) is 12.7. The van der Waals surface area contributed by atoms with Gasteiger partial charge in [0.05, 0.1) is 12.8 Å². The van der Waals surface area contributed by atoms with Crippen molar-refractivity contribution in [1.82, 2.24) is 15.2 Å². The fraction of sp³-hybridized carbons (Fsp3) is 0.250. The molecule has 1 fully saturated rings. The van der Waals surface area contributed by atoms with Gasteiger partial charge in [-0.1, -0.05) is 0 Å². The lowest BCUT2D eigenvalue weighted by atomic mass is 9.99. The first-order valence-electron chi connectivity index (χ1n) is 7.06. The monoisotopic (exact) mass is 313 g/mol. The van der Waals surface area contributed by atoms with Gasteiger partial charge in [-0.15, -0.1) is 0 Å². The average Bonchev–Trinajstić information content (AvgIpc) is 3.12. The first-order chi connectivity index (χ1) is 10.9. The van der Waals surface area contributed by atoms with Crippen LogP contribution in [0.5, 0.6) is 0 Å². The van der Waals surface area contributed by atoms with E-state index in [1.807, 2.05) is 0 Å². The van der Waals surface area contributed by atoms with E-state index in [1.165, 1.54) is 6.26 Å². The molecule has 0 unspecified atom stereocenters. The third-order valence-electron chi connectivity index (χ3n) is 3.90. The van der Waals surface area contributed by atoms with E-state index in [-0.39, 0.29) is 12.3 Å². The van der Waals surface area contributed by atoms with E-state index in [1.54, 1.807) is 44.3 Å². The Balaban J connectivity index is 1.84. The van der Waals surface area contributed by atoms with E-state index < -0.39 is 17.5 Å². The Morgan fingerprint density at radius 3 is 2.78 bits per heavy atom. The number of nitrogens with one attached hydrogen (secondary N) is 1. The Labute approximate surface area is 132 Å². The summed E-state index contributed by atoms with van der Waals surface area (Å²) in [5.74, 6) is -0.543. The van der Waals surface area contributed by atoms with Crippen LogP contribution in [-0.4, -0.2) is 34.2 Å². The van der Waals surface area contributed by atoms with Gasteiger partial charge in [0.25, 0.3) is 5.91 Å². The molecule has 0 spiro atoms. The number of furan rings is 1. The maximum absolute atomic E-state index is 12.6. The zero-order valence-electron chi connectivity index (χ0n) is 12.7. The molecule has 23 heavy (non-hydrogen) atoms. The number of ketones is 1. The highest BCUT2D eigenvalue weighted by molar-refractivity contribution is 6.11. The summed E-state index contributed by atoms with van der Waals surface area (Å²) >= 11 is 0. The van der Waals surface area contributed by atoms with E-state index in [0.717, 1.165) is 4.90 Å². The van der Waals surface area contributed by atoms with Crippen molar-refractivity contribution in [3.63, 3.8) is 0 Å². The van der Waals surface area contributed by atoms with Gasteiger partial charge in [0.2, 0.25) is 0 Å². The van der Waals surface area contributed by atoms with E-state index in [0.29, 0.717) is 17.0 Å². The molecule has 7 heteroatoms. The number of carbonyl (C=O) groups excluding carboxylic acids is 3. The summed E-state index contributed by atoms with van der Waals surface area (Å²) in [6.45, 7) is 2.91. The lowest BCUT2D eigenvalue weighted by molar-refractivity contribution is -0.131. The second-order valence-corrected chi connectivity index (χ2v) is 5.48. The Morgan fingerprint density at radius 2 is 2.13 bits per heavy atom. The van der Waals surface area contributed by atoms with Crippen LogP contribution in [0.25, 0.3) is 0 Å². The summed E-state index contributed by atoms with van der Waals surface area (Å²) in [5, 5.41) is 2.58. The molecule has 118 valence electrons. The Bertz CT molecular complexity index is 784. The number of nitrogens with zero attached hydrogens (tertiary/aromatic N) is 2. The third-order valence-corrected chi connectivity index (χ3v) is 3.90. The zero-order chi connectivity index (χ0) is 16.6. The predicted molar refractivity (Wildman–Crippen MR) is 79.6 cm³/mol. The fourth-order valence-corrected chi connectivity index (χ4v) is 2.58. The molecule has 1 saturated heterocycles. The quantitative estimate of drug-likeness (QED) is 0.684. The number of aryl methyl sites for hydroxylation is 1. The maximum atomic E-state index is 12.6. The van der Waals surface area contributed by atoms with Gasteiger partial charge in [0, 0.05) is 17.5 Å². The lowest BCUT2D eigenvalue weighted by Crippen LogP contribution is -2.41. The standard InChI is InChI=1S/C16H15N3O4/c1-10-11(5-3-7-17-10)12(20)9-19-14(21)16(2,18-15(19)22)13-6-4-8-23-13/h3-8H,9H2,1-2H3,(H,18,22)/t16-/m0/s1. The number of amides is 3. The van der Waals surface area contributed by atoms with Gasteiger partial charge < -0.3 is 9.73 Å². The smallest absolute Gasteiger partial charge is 0.325 e. The first-order valence-corrected chi connectivity index (χ1v) is 7.06. The van der Waals surface area contributed by atoms with Gasteiger partial charge in [0.1, 0.15) is 5.76 Å². The van der Waals surface area contributed by atoms with Gasteiger partial charge in [-0.2, -0.15) is 0 Å². The molecule has 1 aliphatic rings. The number of pyridine rings is 1. The van der Waals surface area contributed by atoms with E-state index in [9.17, 15) is 14.4 Å². The molecule has 0 bridgehead atoms. The SMILES string of the molecule is Cc1ncccc1C(=O)CN1C(=O)N[C@@](C)(c2ccco2)C1=O. The van der Waals surface area contributed by atoms with Crippen molar-refractivity contribution in [2.45, 2.75) is 19.4 Å². The number of Topliss-reactive ketones (excluding diaryl/α,β-unsaturated/α-hetero) is 1. The van der Waals surface area contributed by atoms with Crippen molar-refractivity contribution < 1.29 is 18.8 Å². The Morgan fingerprint density at radius 1 is 1.35 bits per heavy atom. The van der Waals surface area contributed by atoms with Gasteiger partial charge >= 0.3 is 6.03 Å². The summed E-state index contributed by atoms with van der Waals surface area (Å²) in [6, 6.07) is 5.87.